The summed E-state index contributed by atoms with van der Waals surface area (Å²) in [4.78, 5) is 26.0. The minimum Gasteiger partial charge on any atom is -0.484 e. The molecule has 0 radical (unpaired) electrons. The quantitative estimate of drug-likeness (QED) is 0.449. The van der Waals surface area contributed by atoms with Crippen molar-refractivity contribution in [2.45, 2.75) is 38.3 Å². The van der Waals surface area contributed by atoms with Gasteiger partial charge in [0, 0.05) is 35.3 Å². The molecule has 0 bridgehead atoms. The lowest BCUT2D eigenvalue weighted by molar-refractivity contribution is 0.0928. The molecule has 178 valence electrons. The summed E-state index contributed by atoms with van der Waals surface area (Å²) in [5, 5.41) is 11.1. The van der Waals surface area contributed by atoms with Crippen LogP contribution in [-0.2, 0) is 0 Å². The number of fused-ring (bicyclic) bond motifs is 2. The van der Waals surface area contributed by atoms with Gasteiger partial charge in [0.15, 0.2) is 11.4 Å². The minimum absolute atomic E-state index is 0.0679. The van der Waals surface area contributed by atoms with Crippen LogP contribution in [0.5, 0.6) is 11.6 Å². The Morgan fingerprint density at radius 3 is 2.83 bits per heavy atom. The van der Waals surface area contributed by atoms with Crippen LogP contribution in [0.3, 0.4) is 0 Å². The third-order valence-corrected chi connectivity index (χ3v) is 6.41. The van der Waals surface area contributed by atoms with Crippen LogP contribution in [0.25, 0.3) is 22.0 Å². The molecule has 1 amide bonds. The van der Waals surface area contributed by atoms with Crippen LogP contribution in [0, 0.1) is 6.92 Å². The molecular formula is C25H24N6O4. The van der Waals surface area contributed by atoms with E-state index >= 15 is 0 Å². The second-order valence-corrected chi connectivity index (χ2v) is 8.76. The van der Waals surface area contributed by atoms with E-state index in [-0.39, 0.29) is 18.0 Å². The number of carbonyl (C=O) groups excluding carboxylic acids is 1. The Kier molecular flexibility index (Phi) is 5.40. The van der Waals surface area contributed by atoms with Crippen LogP contribution in [-0.4, -0.2) is 51.3 Å². The molecule has 1 aromatic carbocycles. The molecule has 0 spiro atoms. The Balaban J connectivity index is 1.18. The summed E-state index contributed by atoms with van der Waals surface area (Å²) in [5.41, 5.74) is 3.96. The average molecular weight is 473 g/mol. The monoisotopic (exact) mass is 472 g/mol. The van der Waals surface area contributed by atoms with E-state index in [4.69, 9.17) is 24.0 Å². The lowest BCUT2D eigenvalue weighted by Crippen LogP contribution is -2.34. The van der Waals surface area contributed by atoms with Gasteiger partial charge in [0.2, 0.25) is 5.95 Å². The number of benzene rings is 1. The van der Waals surface area contributed by atoms with E-state index < -0.39 is 0 Å². The van der Waals surface area contributed by atoms with E-state index in [1.807, 2.05) is 25.1 Å². The van der Waals surface area contributed by atoms with Gasteiger partial charge in [0.05, 0.1) is 11.2 Å². The summed E-state index contributed by atoms with van der Waals surface area (Å²) in [6.07, 6.45) is 5.70. The van der Waals surface area contributed by atoms with Gasteiger partial charge in [-0.1, -0.05) is 11.2 Å². The summed E-state index contributed by atoms with van der Waals surface area (Å²) in [6.45, 7) is 2.98. The van der Waals surface area contributed by atoms with Crippen LogP contribution < -0.4 is 20.1 Å². The maximum absolute atomic E-state index is 12.2. The van der Waals surface area contributed by atoms with Crippen molar-refractivity contribution in [2.24, 2.45) is 0 Å². The molecule has 2 N–H and O–H groups in total. The first kappa shape index (κ1) is 21.3. The summed E-state index contributed by atoms with van der Waals surface area (Å²) < 4.78 is 16.2. The Morgan fingerprint density at radius 1 is 1.06 bits per heavy atom. The van der Waals surface area contributed by atoms with Gasteiger partial charge in [-0.15, -0.1) is 0 Å². The van der Waals surface area contributed by atoms with Crippen LogP contribution >= 0.6 is 0 Å². The lowest BCUT2D eigenvalue weighted by Gasteiger charge is -2.20. The minimum atomic E-state index is -0.217. The Hall–Kier alpha value is -4.21. The van der Waals surface area contributed by atoms with Gasteiger partial charge in [0.1, 0.15) is 19.5 Å². The van der Waals surface area contributed by atoms with Gasteiger partial charge in [-0.05, 0) is 49.9 Å². The highest BCUT2D eigenvalue weighted by Gasteiger charge is 2.27. The zero-order valence-corrected chi connectivity index (χ0v) is 19.2. The zero-order valence-electron chi connectivity index (χ0n) is 19.2. The lowest BCUT2D eigenvalue weighted by atomic mass is 10.0. The summed E-state index contributed by atoms with van der Waals surface area (Å²) in [7, 11) is 0. The number of ether oxygens (including phenoxy) is 2. The van der Waals surface area contributed by atoms with Crippen molar-refractivity contribution in [1.82, 2.24) is 25.4 Å². The molecule has 2 atom stereocenters. The Morgan fingerprint density at radius 2 is 1.94 bits per heavy atom. The van der Waals surface area contributed by atoms with Gasteiger partial charge in [0.25, 0.3) is 11.8 Å². The highest BCUT2D eigenvalue weighted by Crippen LogP contribution is 2.39. The number of rotatable bonds is 5. The average Bonchev–Trinajstić information content (AvgIpc) is 3.56. The Bertz CT molecular complexity index is 1390. The van der Waals surface area contributed by atoms with E-state index in [2.05, 4.69) is 26.8 Å². The van der Waals surface area contributed by atoms with Gasteiger partial charge in [-0.2, -0.15) is 0 Å². The fourth-order valence-electron chi connectivity index (χ4n) is 4.71. The number of aryl methyl sites for hydroxylation is 1. The van der Waals surface area contributed by atoms with Gasteiger partial charge in [-0.3, -0.25) is 4.79 Å². The molecule has 1 saturated carbocycles. The fourth-order valence-corrected chi connectivity index (χ4v) is 4.71. The number of hydrogen-bond acceptors (Lipinski definition) is 9. The van der Waals surface area contributed by atoms with Crippen LogP contribution in [0.1, 0.15) is 35.4 Å². The summed E-state index contributed by atoms with van der Waals surface area (Å²) >= 11 is 0. The second-order valence-electron chi connectivity index (χ2n) is 8.76. The molecule has 10 nitrogen and oxygen atoms in total. The van der Waals surface area contributed by atoms with E-state index in [0.29, 0.717) is 36.5 Å². The normalized spacial score (nSPS) is 19.0. The molecule has 4 aromatic rings. The highest BCUT2D eigenvalue weighted by molar-refractivity contribution is 5.92. The number of amides is 1. The number of aromatic nitrogens is 4. The van der Waals surface area contributed by atoms with Crippen molar-refractivity contribution < 1.29 is 18.8 Å². The number of pyridine rings is 1. The van der Waals surface area contributed by atoms with Crippen molar-refractivity contribution in [2.75, 3.05) is 18.5 Å². The molecule has 10 heteroatoms. The number of carbonyl (C=O) groups is 1. The van der Waals surface area contributed by atoms with Gasteiger partial charge < -0.3 is 24.6 Å². The predicted molar refractivity (Wildman–Crippen MR) is 128 cm³/mol. The van der Waals surface area contributed by atoms with E-state index in [1.165, 1.54) is 6.26 Å². The zero-order chi connectivity index (χ0) is 23.8. The van der Waals surface area contributed by atoms with Gasteiger partial charge in [-0.25, -0.2) is 15.0 Å². The van der Waals surface area contributed by atoms with Crippen LogP contribution in [0.2, 0.25) is 0 Å². The SMILES string of the molecule is Cc1nc(N[C@@H]2CC[C@H](NC(=O)c3ccon3)C2)nc2ccc(-c3ccnc4c3OCCO4)cc12. The first-order valence-electron chi connectivity index (χ1n) is 11.7. The molecule has 2 aliphatic rings. The molecular weight excluding hydrogens is 448 g/mol. The number of nitrogens with one attached hydrogen (secondary N) is 2. The van der Waals surface area contributed by atoms with E-state index in [0.717, 1.165) is 47.0 Å². The molecule has 1 aliphatic carbocycles. The maximum Gasteiger partial charge on any atom is 0.273 e. The molecule has 1 aliphatic heterocycles. The number of nitrogens with zero attached hydrogens (tertiary/aromatic N) is 4. The predicted octanol–water partition coefficient (Wildman–Crippen LogP) is 3.52. The second kappa shape index (κ2) is 8.86. The topological polar surface area (TPSA) is 124 Å². The maximum atomic E-state index is 12.2. The number of hydrogen-bond donors (Lipinski definition) is 2. The molecule has 0 unspecified atom stereocenters. The Labute approximate surface area is 201 Å². The van der Waals surface area contributed by atoms with E-state index in [1.54, 1.807) is 12.3 Å². The first-order valence-corrected chi connectivity index (χ1v) is 11.7. The summed E-state index contributed by atoms with van der Waals surface area (Å²) in [6, 6.07) is 9.83. The first-order chi connectivity index (χ1) is 17.1. The third kappa shape index (κ3) is 4.23. The summed E-state index contributed by atoms with van der Waals surface area (Å²) in [5.74, 6) is 1.56. The standard InChI is InChI=1S/C25H24N6O4/c1-14-19-12-15(18-6-8-26-24-22(18)33-10-11-34-24)2-5-20(19)30-25(27-14)29-17-4-3-16(13-17)28-23(32)21-7-9-35-31-21/h2,5-9,12,16-17H,3-4,10-11,13H2,1H3,(H,28,32)(H,27,29,30)/t16-,17+/m0/s1. The number of anilines is 1. The molecule has 0 saturated heterocycles. The van der Waals surface area contributed by atoms with Crippen molar-refractivity contribution in [3.05, 3.63) is 54.2 Å². The highest BCUT2D eigenvalue weighted by atomic mass is 16.6. The van der Waals surface area contributed by atoms with Crippen molar-refractivity contribution in [1.29, 1.82) is 0 Å². The van der Waals surface area contributed by atoms with Crippen LogP contribution in [0.15, 0.2) is 47.3 Å². The van der Waals surface area contributed by atoms with Gasteiger partial charge >= 0.3 is 0 Å². The molecule has 1 fully saturated rings. The fraction of sp³-hybridized carbons (Fsp3) is 0.320. The smallest absolute Gasteiger partial charge is 0.273 e. The van der Waals surface area contributed by atoms with Crippen molar-refractivity contribution in [3.8, 4) is 22.8 Å². The molecule has 4 heterocycles. The largest absolute Gasteiger partial charge is 0.484 e. The molecule has 6 rings (SSSR count). The molecule has 3 aromatic heterocycles. The molecule has 35 heavy (non-hydrogen) atoms. The van der Waals surface area contributed by atoms with Crippen molar-refractivity contribution in [3.63, 3.8) is 0 Å². The van der Waals surface area contributed by atoms with Crippen molar-refractivity contribution >= 4 is 22.8 Å². The third-order valence-electron chi connectivity index (χ3n) is 6.41. The van der Waals surface area contributed by atoms with Crippen LogP contribution in [0.4, 0.5) is 5.95 Å². The van der Waals surface area contributed by atoms with E-state index in [9.17, 15) is 4.79 Å².